The molecule has 1 aromatic rings. The second kappa shape index (κ2) is 11.1. The number of carbonyl (C=O) groups excluding carboxylic acids is 1. The Bertz CT molecular complexity index is 749. The highest BCUT2D eigenvalue weighted by Gasteiger charge is 2.38. The van der Waals surface area contributed by atoms with E-state index in [1.54, 1.807) is 0 Å². The lowest BCUT2D eigenvalue weighted by Crippen LogP contribution is -2.46. The molecule has 1 aromatic carbocycles. The van der Waals surface area contributed by atoms with Gasteiger partial charge in [0.05, 0.1) is 13.2 Å². The van der Waals surface area contributed by atoms with E-state index < -0.39 is 5.97 Å². The maximum Gasteiger partial charge on any atom is 0.303 e. The number of piperidine rings is 1. The van der Waals surface area contributed by atoms with Crippen LogP contribution in [0.1, 0.15) is 32.1 Å². The first kappa shape index (κ1) is 23.1. The molecule has 3 fully saturated rings. The Morgan fingerprint density at radius 2 is 1.75 bits per heavy atom. The predicted molar refractivity (Wildman–Crippen MR) is 124 cm³/mol. The molecule has 3 aliphatic rings. The van der Waals surface area contributed by atoms with Crippen LogP contribution in [0.5, 0.6) is 0 Å². The van der Waals surface area contributed by atoms with E-state index in [2.05, 4.69) is 34.1 Å². The van der Waals surface area contributed by atoms with Crippen LogP contribution in [-0.4, -0.2) is 85.8 Å². The van der Waals surface area contributed by atoms with Crippen molar-refractivity contribution in [1.82, 2.24) is 9.80 Å². The van der Waals surface area contributed by atoms with E-state index in [1.807, 2.05) is 11.0 Å². The lowest BCUT2D eigenvalue weighted by Gasteiger charge is -2.39. The number of para-hydroxylation sites is 1. The van der Waals surface area contributed by atoms with Gasteiger partial charge in [-0.15, -0.1) is 0 Å². The minimum atomic E-state index is -0.728. The molecule has 0 bridgehead atoms. The summed E-state index contributed by atoms with van der Waals surface area (Å²) in [5.74, 6) is 0.163. The lowest BCUT2D eigenvalue weighted by molar-refractivity contribution is -0.140. The van der Waals surface area contributed by atoms with Crippen molar-refractivity contribution >= 4 is 17.6 Å². The molecule has 0 spiro atoms. The summed E-state index contributed by atoms with van der Waals surface area (Å²) < 4.78 is 5.48. The van der Waals surface area contributed by atoms with Crippen molar-refractivity contribution < 1.29 is 19.4 Å². The van der Waals surface area contributed by atoms with Gasteiger partial charge in [0.15, 0.2) is 0 Å². The summed E-state index contributed by atoms with van der Waals surface area (Å²) in [6, 6.07) is 10.5. The zero-order valence-electron chi connectivity index (χ0n) is 19.0. The summed E-state index contributed by atoms with van der Waals surface area (Å²) in [5.41, 5.74) is 1.21. The third-order valence-electron chi connectivity index (χ3n) is 7.25. The van der Waals surface area contributed by atoms with Crippen LogP contribution in [0, 0.1) is 17.8 Å². The van der Waals surface area contributed by atoms with Crippen molar-refractivity contribution in [3.8, 4) is 0 Å². The second-order valence-electron chi connectivity index (χ2n) is 9.53. The van der Waals surface area contributed by atoms with Gasteiger partial charge in [0.2, 0.25) is 5.91 Å². The van der Waals surface area contributed by atoms with Crippen molar-refractivity contribution in [1.29, 1.82) is 0 Å². The number of nitrogens with zero attached hydrogens (tertiary/aromatic N) is 3. The smallest absolute Gasteiger partial charge is 0.303 e. The highest BCUT2D eigenvalue weighted by molar-refractivity contribution is 5.81. The number of anilines is 1. The molecule has 1 amide bonds. The largest absolute Gasteiger partial charge is 0.481 e. The van der Waals surface area contributed by atoms with E-state index in [9.17, 15) is 14.7 Å². The molecule has 2 heterocycles. The molecule has 7 nitrogen and oxygen atoms in total. The third-order valence-corrected chi connectivity index (χ3v) is 7.25. The molecular formula is C25H37N3O4. The number of ether oxygens (including phenoxy) is 1. The fraction of sp³-hybridized carbons (Fsp3) is 0.680. The van der Waals surface area contributed by atoms with Gasteiger partial charge in [0, 0.05) is 63.8 Å². The molecule has 2 saturated heterocycles. The maximum atomic E-state index is 12.7. The molecule has 1 aliphatic carbocycles. The zero-order valence-corrected chi connectivity index (χ0v) is 19.0. The van der Waals surface area contributed by atoms with Crippen LogP contribution < -0.4 is 4.90 Å². The molecule has 1 N–H and O–H groups in total. The fourth-order valence-electron chi connectivity index (χ4n) is 5.11. The monoisotopic (exact) mass is 443 g/mol. The van der Waals surface area contributed by atoms with Crippen molar-refractivity contribution in [2.24, 2.45) is 17.8 Å². The number of carboxylic acids is 1. The lowest BCUT2D eigenvalue weighted by atomic mass is 9.81. The Hall–Kier alpha value is -2.12. The van der Waals surface area contributed by atoms with Gasteiger partial charge in [-0.1, -0.05) is 18.2 Å². The summed E-state index contributed by atoms with van der Waals surface area (Å²) in [5, 5.41) is 9.43. The summed E-state index contributed by atoms with van der Waals surface area (Å²) >= 11 is 0. The number of carboxylic acid groups (broad SMARTS) is 1. The van der Waals surface area contributed by atoms with Crippen LogP contribution in [0.3, 0.4) is 0 Å². The number of aliphatic carboxylic acids is 1. The minimum absolute atomic E-state index is 0.146. The van der Waals surface area contributed by atoms with E-state index in [0.29, 0.717) is 13.1 Å². The number of rotatable bonds is 10. The standard InChI is InChI=1S/C25H37N3O4/c29-24(30)18-21-8-11-28(25(31)20-6-7-20)19-22(21)9-10-27(23-4-2-1-3-5-23)13-12-26-14-16-32-17-15-26/h1-5,20-22H,6-19H2,(H,29,30)/t21-,22-/m0/s1. The Morgan fingerprint density at radius 3 is 2.44 bits per heavy atom. The maximum absolute atomic E-state index is 12.7. The summed E-state index contributed by atoms with van der Waals surface area (Å²) in [6.45, 7) is 7.78. The molecule has 32 heavy (non-hydrogen) atoms. The first-order valence-electron chi connectivity index (χ1n) is 12.2. The molecule has 2 aliphatic heterocycles. The molecule has 0 unspecified atom stereocenters. The van der Waals surface area contributed by atoms with Crippen LogP contribution >= 0.6 is 0 Å². The van der Waals surface area contributed by atoms with Gasteiger partial charge in [-0.2, -0.15) is 0 Å². The van der Waals surface area contributed by atoms with Gasteiger partial charge >= 0.3 is 5.97 Å². The number of hydrogen-bond donors (Lipinski definition) is 1. The van der Waals surface area contributed by atoms with E-state index in [0.717, 1.165) is 71.6 Å². The van der Waals surface area contributed by atoms with Crippen LogP contribution in [0.4, 0.5) is 5.69 Å². The normalized spacial score (nSPS) is 24.3. The second-order valence-corrected chi connectivity index (χ2v) is 9.53. The highest BCUT2D eigenvalue weighted by Crippen LogP contribution is 2.35. The molecule has 7 heteroatoms. The Morgan fingerprint density at radius 1 is 1.00 bits per heavy atom. The quantitative estimate of drug-likeness (QED) is 0.599. The van der Waals surface area contributed by atoms with Crippen molar-refractivity contribution in [2.45, 2.75) is 32.1 Å². The summed E-state index contributed by atoms with van der Waals surface area (Å²) in [7, 11) is 0. The first-order valence-corrected chi connectivity index (χ1v) is 12.2. The van der Waals surface area contributed by atoms with Gasteiger partial charge in [-0.25, -0.2) is 0 Å². The molecule has 4 rings (SSSR count). The molecule has 1 saturated carbocycles. The Balaban J connectivity index is 1.39. The van der Waals surface area contributed by atoms with Gasteiger partial charge < -0.3 is 19.6 Å². The van der Waals surface area contributed by atoms with E-state index in [4.69, 9.17) is 4.74 Å². The first-order chi connectivity index (χ1) is 15.6. The van der Waals surface area contributed by atoms with Crippen molar-refractivity contribution in [2.75, 3.05) is 63.9 Å². The Kier molecular flexibility index (Phi) is 8.03. The molecule has 2 atom stereocenters. The predicted octanol–water partition coefficient (Wildman–Crippen LogP) is 2.56. The average Bonchev–Trinajstić information content (AvgIpc) is 3.66. The number of hydrogen-bond acceptors (Lipinski definition) is 5. The van der Waals surface area contributed by atoms with Crippen molar-refractivity contribution in [3.63, 3.8) is 0 Å². The third kappa shape index (κ3) is 6.45. The van der Waals surface area contributed by atoms with Gasteiger partial charge in [0.1, 0.15) is 0 Å². The van der Waals surface area contributed by atoms with Gasteiger partial charge in [-0.3, -0.25) is 14.5 Å². The van der Waals surface area contributed by atoms with Gasteiger partial charge in [-0.05, 0) is 49.7 Å². The number of benzene rings is 1. The number of carbonyl (C=O) groups is 2. The molecule has 176 valence electrons. The van der Waals surface area contributed by atoms with Crippen LogP contribution in [0.2, 0.25) is 0 Å². The fourth-order valence-corrected chi connectivity index (χ4v) is 5.11. The van der Waals surface area contributed by atoms with Crippen molar-refractivity contribution in [3.05, 3.63) is 30.3 Å². The SMILES string of the molecule is O=C(O)C[C@@H]1CCN(C(=O)C2CC2)C[C@@H]1CCN(CCN1CCOCC1)c1ccccc1. The van der Waals surface area contributed by atoms with Crippen LogP contribution in [0.15, 0.2) is 30.3 Å². The van der Waals surface area contributed by atoms with E-state index >= 15 is 0 Å². The molecular weight excluding hydrogens is 406 g/mol. The average molecular weight is 444 g/mol. The minimum Gasteiger partial charge on any atom is -0.481 e. The summed E-state index contributed by atoms with van der Waals surface area (Å²) in [4.78, 5) is 31.0. The number of likely N-dealkylation sites (tertiary alicyclic amines) is 1. The number of amides is 1. The van der Waals surface area contributed by atoms with Crippen LogP contribution in [-0.2, 0) is 14.3 Å². The zero-order chi connectivity index (χ0) is 22.3. The Labute approximate surface area is 191 Å². The number of morpholine rings is 1. The summed E-state index contributed by atoms with van der Waals surface area (Å²) in [6.07, 6.45) is 3.94. The van der Waals surface area contributed by atoms with E-state index in [1.165, 1.54) is 5.69 Å². The molecule has 0 radical (unpaired) electrons. The van der Waals surface area contributed by atoms with Crippen LogP contribution in [0.25, 0.3) is 0 Å². The topological polar surface area (TPSA) is 73.3 Å². The molecule has 0 aromatic heterocycles. The van der Waals surface area contributed by atoms with Gasteiger partial charge in [0.25, 0.3) is 0 Å². The highest BCUT2D eigenvalue weighted by atomic mass is 16.5. The van der Waals surface area contributed by atoms with E-state index in [-0.39, 0.29) is 30.1 Å².